The van der Waals surface area contributed by atoms with Crippen LogP contribution in [0, 0.1) is 6.92 Å². The lowest BCUT2D eigenvalue weighted by atomic mass is 10.1. The van der Waals surface area contributed by atoms with E-state index in [0.29, 0.717) is 6.04 Å². The number of nitrogens with zero attached hydrogens (tertiary/aromatic N) is 2. The van der Waals surface area contributed by atoms with E-state index in [1.54, 1.807) is 11.3 Å². The van der Waals surface area contributed by atoms with Crippen LogP contribution in [0.4, 0.5) is 0 Å². The van der Waals surface area contributed by atoms with Crippen molar-refractivity contribution >= 4 is 22.4 Å². The Morgan fingerprint density at radius 1 is 1.61 bits per heavy atom. The van der Waals surface area contributed by atoms with E-state index in [1.807, 2.05) is 0 Å². The Balaban J connectivity index is 2.25. The number of fused-ring (bicyclic) bond motifs is 1. The van der Waals surface area contributed by atoms with Crippen LogP contribution >= 0.6 is 11.3 Å². The fourth-order valence-electron chi connectivity index (χ4n) is 1.95. The summed E-state index contributed by atoms with van der Waals surface area (Å²) in [5.74, 6) is 0. The SMILES string of the molecule is CCCNC(C)/C(C)=C/c1c(C)nc2sccn12. The van der Waals surface area contributed by atoms with Crippen molar-refractivity contribution in [3.05, 3.63) is 28.5 Å². The number of thiazole rings is 1. The lowest BCUT2D eigenvalue weighted by molar-refractivity contribution is 0.604. The second kappa shape index (κ2) is 5.67. The molecule has 2 aromatic heterocycles. The highest BCUT2D eigenvalue weighted by Crippen LogP contribution is 2.19. The van der Waals surface area contributed by atoms with Gasteiger partial charge in [-0.1, -0.05) is 12.5 Å². The maximum Gasteiger partial charge on any atom is 0.194 e. The third kappa shape index (κ3) is 2.65. The van der Waals surface area contributed by atoms with Gasteiger partial charge in [-0.25, -0.2) is 4.98 Å². The normalized spacial score (nSPS) is 14.3. The molecule has 2 heterocycles. The van der Waals surface area contributed by atoms with Crippen LogP contribution in [0.3, 0.4) is 0 Å². The van der Waals surface area contributed by atoms with E-state index in [-0.39, 0.29) is 0 Å². The maximum absolute atomic E-state index is 4.56. The summed E-state index contributed by atoms with van der Waals surface area (Å²) < 4.78 is 2.16. The highest BCUT2D eigenvalue weighted by Gasteiger charge is 2.09. The number of nitrogens with one attached hydrogen (secondary N) is 1. The van der Waals surface area contributed by atoms with Gasteiger partial charge in [0.25, 0.3) is 0 Å². The summed E-state index contributed by atoms with van der Waals surface area (Å²) in [6.07, 6.45) is 5.50. The van der Waals surface area contributed by atoms with E-state index in [0.717, 1.165) is 23.6 Å². The standard InChI is InChI=1S/C14H21N3S/c1-5-6-15-11(3)10(2)9-13-12(4)16-14-17(13)7-8-18-14/h7-9,11,15H,5-6H2,1-4H3/b10-9+. The Hall–Kier alpha value is -1.13. The zero-order valence-electron chi connectivity index (χ0n) is 11.5. The van der Waals surface area contributed by atoms with Gasteiger partial charge in [-0.2, -0.15) is 0 Å². The van der Waals surface area contributed by atoms with Gasteiger partial charge in [-0.3, -0.25) is 4.40 Å². The number of imidazole rings is 1. The summed E-state index contributed by atoms with van der Waals surface area (Å²) in [5, 5.41) is 5.59. The first-order valence-corrected chi connectivity index (χ1v) is 7.35. The first-order chi connectivity index (χ1) is 8.63. The molecule has 1 atom stereocenters. The maximum atomic E-state index is 4.56. The Labute approximate surface area is 113 Å². The van der Waals surface area contributed by atoms with E-state index >= 15 is 0 Å². The molecule has 3 nitrogen and oxygen atoms in total. The first kappa shape index (κ1) is 13.3. The zero-order chi connectivity index (χ0) is 13.1. The van der Waals surface area contributed by atoms with Crippen molar-refractivity contribution < 1.29 is 0 Å². The zero-order valence-corrected chi connectivity index (χ0v) is 12.3. The van der Waals surface area contributed by atoms with Gasteiger partial charge in [0, 0.05) is 17.6 Å². The summed E-state index contributed by atoms with van der Waals surface area (Å²) in [4.78, 5) is 5.63. The van der Waals surface area contributed by atoms with Crippen LogP contribution in [0.5, 0.6) is 0 Å². The smallest absolute Gasteiger partial charge is 0.194 e. The van der Waals surface area contributed by atoms with E-state index in [2.05, 4.69) is 60.0 Å². The number of hydrogen-bond acceptors (Lipinski definition) is 3. The summed E-state index contributed by atoms with van der Waals surface area (Å²) >= 11 is 1.68. The van der Waals surface area contributed by atoms with Gasteiger partial charge in [0.1, 0.15) is 0 Å². The minimum atomic E-state index is 0.411. The van der Waals surface area contributed by atoms with Crippen molar-refractivity contribution in [3.8, 4) is 0 Å². The summed E-state index contributed by atoms with van der Waals surface area (Å²) in [6.45, 7) is 9.71. The monoisotopic (exact) mass is 263 g/mol. The largest absolute Gasteiger partial charge is 0.311 e. The molecule has 0 bridgehead atoms. The molecule has 0 saturated heterocycles. The molecule has 0 amide bonds. The van der Waals surface area contributed by atoms with Crippen molar-refractivity contribution in [2.45, 2.75) is 40.2 Å². The molecule has 18 heavy (non-hydrogen) atoms. The minimum Gasteiger partial charge on any atom is -0.311 e. The Bertz CT molecular complexity index is 550. The molecule has 0 radical (unpaired) electrons. The van der Waals surface area contributed by atoms with E-state index in [4.69, 9.17) is 0 Å². The van der Waals surface area contributed by atoms with Crippen molar-refractivity contribution in [1.29, 1.82) is 0 Å². The third-order valence-corrected chi connectivity index (χ3v) is 3.99. The van der Waals surface area contributed by atoms with Gasteiger partial charge in [0.15, 0.2) is 4.96 Å². The van der Waals surface area contributed by atoms with Gasteiger partial charge in [0.2, 0.25) is 0 Å². The molecular weight excluding hydrogens is 242 g/mol. The van der Waals surface area contributed by atoms with Crippen molar-refractivity contribution in [3.63, 3.8) is 0 Å². The molecule has 1 unspecified atom stereocenters. The second-order valence-electron chi connectivity index (χ2n) is 4.70. The van der Waals surface area contributed by atoms with Gasteiger partial charge in [-0.15, -0.1) is 11.3 Å². The highest BCUT2D eigenvalue weighted by molar-refractivity contribution is 7.15. The van der Waals surface area contributed by atoms with Gasteiger partial charge >= 0.3 is 0 Å². The first-order valence-electron chi connectivity index (χ1n) is 6.47. The van der Waals surface area contributed by atoms with Crippen molar-refractivity contribution in [2.24, 2.45) is 0 Å². The van der Waals surface area contributed by atoms with Crippen LogP contribution in [0.1, 0.15) is 38.6 Å². The number of aryl methyl sites for hydroxylation is 1. The van der Waals surface area contributed by atoms with Crippen molar-refractivity contribution in [2.75, 3.05) is 6.54 Å². The van der Waals surface area contributed by atoms with Crippen LogP contribution in [0.15, 0.2) is 17.2 Å². The van der Waals surface area contributed by atoms with E-state index < -0.39 is 0 Å². The van der Waals surface area contributed by atoms with E-state index in [9.17, 15) is 0 Å². The number of hydrogen-bond donors (Lipinski definition) is 1. The average Bonchev–Trinajstić information content (AvgIpc) is 2.89. The predicted molar refractivity (Wildman–Crippen MR) is 79.2 cm³/mol. The molecule has 0 aliphatic heterocycles. The molecule has 0 saturated carbocycles. The van der Waals surface area contributed by atoms with Crippen LogP contribution in [0.2, 0.25) is 0 Å². The van der Waals surface area contributed by atoms with Gasteiger partial charge in [0.05, 0.1) is 11.4 Å². The van der Waals surface area contributed by atoms with Crippen molar-refractivity contribution in [1.82, 2.24) is 14.7 Å². The van der Waals surface area contributed by atoms with Crippen LogP contribution in [-0.4, -0.2) is 22.0 Å². The summed E-state index contributed by atoms with van der Waals surface area (Å²) in [7, 11) is 0. The molecule has 0 spiro atoms. The van der Waals surface area contributed by atoms with E-state index in [1.165, 1.54) is 11.3 Å². The quantitative estimate of drug-likeness (QED) is 0.894. The molecule has 4 heteroatoms. The summed E-state index contributed by atoms with van der Waals surface area (Å²) in [6, 6.07) is 0.411. The molecule has 0 aliphatic rings. The molecule has 2 rings (SSSR count). The molecule has 2 aromatic rings. The number of rotatable bonds is 5. The Kier molecular flexibility index (Phi) is 4.19. The lowest BCUT2D eigenvalue weighted by Gasteiger charge is -2.13. The Morgan fingerprint density at radius 3 is 3.11 bits per heavy atom. The van der Waals surface area contributed by atoms with Crippen LogP contribution < -0.4 is 5.32 Å². The van der Waals surface area contributed by atoms with Gasteiger partial charge in [-0.05, 0) is 39.8 Å². The average molecular weight is 263 g/mol. The predicted octanol–water partition coefficient (Wildman–Crippen LogP) is 3.50. The fourth-order valence-corrected chi connectivity index (χ4v) is 2.71. The fraction of sp³-hybridized carbons (Fsp3) is 0.500. The molecule has 0 fully saturated rings. The lowest BCUT2D eigenvalue weighted by Crippen LogP contribution is -2.27. The van der Waals surface area contributed by atoms with Gasteiger partial charge < -0.3 is 5.32 Å². The second-order valence-corrected chi connectivity index (χ2v) is 5.58. The molecule has 0 aromatic carbocycles. The third-order valence-electron chi connectivity index (χ3n) is 3.23. The van der Waals surface area contributed by atoms with Crippen LogP contribution in [0.25, 0.3) is 11.0 Å². The molecule has 0 aliphatic carbocycles. The molecule has 98 valence electrons. The summed E-state index contributed by atoms with van der Waals surface area (Å²) in [5.41, 5.74) is 3.65. The topological polar surface area (TPSA) is 29.3 Å². The highest BCUT2D eigenvalue weighted by atomic mass is 32.1. The molecule has 1 N–H and O–H groups in total. The Morgan fingerprint density at radius 2 is 2.39 bits per heavy atom. The minimum absolute atomic E-state index is 0.411. The van der Waals surface area contributed by atoms with Crippen LogP contribution in [-0.2, 0) is 0 Å². The number of aromatic nitrogens is 2. The molecular formula is C14H21N3S.